The minimum absolute atomic E-state index is 0.112. The summed E-state index contributed by atoms with van der Waals surface area (Å²) in [5.74, 6) is -1.76. The first kappa shape index (κ1) is 13.6. The highest BCUT2D eigenvalue weighted by atomic mass is 19.2. The number of halogens is 2. The largest absolute Gasteiger partial charge is 0.319 e. The Morgan fingerprint density at radius 2 is 1.71 bits per heavy atom. The van der Waals surface area contributed by atoms with Gasteiger partial charge in [-0.05, 0) is 24.6 Å². The molecule has 0 saturated carbocycles. The third-order valence-electron chi connectivity index (χ3n) is 3.58. The van der Waals surface area contributed by atoms with Crippen molar-refractivity contribution in [3.8, 4) is 0 Å². The molecule has 0 saturated heterocycles. The van der Waals surface area contributed by atoms with Gasteiger partial charge in [0.1, 0.15) is 0 Å². The van der Waals surface area contributed by atoms with Crippen molar-refractivity contribution in [1.29, 1.82) is 0 Å². The van der Waals surface area contributed by atoms with Crippen LogP contribution in [0.15, 0.2) is 48.5 Å². The van der Waals surface area contributed by atoms with Gasteiger partial charge in [-0.25, -0.2) is 8.78 Å². The Balaban J connectivity index is 2.08. The van der Waals surface area contributed by atoms with E-state index in [1.54, 1.807) is 6.07 Å². The van der Waals surface area contributed by atoms with E-state index in [9.17, 15) is 8.78 Å². The maximum absolute atomic E-state index is 14.0. The number of benzene rings is 2. The molecule has 1 aromatic heterocycles. The predicted octanol–water partition coefficient (Wildman–Crippen LogP) is 3.87. The lowest BCUT2D eigenvalue weighted by molar-refractivity contribution is 0.489. The second kappa shape index (κ2) is 5.22. The molecule has 4 heteroatoms. The molecule has 0 spiro atoms. The molecular weight excluding hydrogens is 270 g/mol. The van der Waals surface area contributed by atoms with Crippen LogP contribution in [0.25, 0.3) is 10.9 Å². The zero-order valence-corrected chi connectivity index (χ0v) is 11.5. The van der Waals surface area contributed by atoms with Gasteiger partial charge < -0.3 is 5.73 Å². The molecule has 3 rings (SSSR count). The van der Waals surface area contributed by atoms with Gasteiger partial charge in [0.15, 0.2) is 11.6 Å². The number of fused-ring (bicyclic) bond motifs is 1. The summed E-state index contributed by atoms with van der Waals surface area (Å²) in [6, 6.07) is 13.4. The summed E-state index contributed by atoms with van der Waals surface area (Å²) in [6.45, 7) is 1.52. The highest BCUT2D eigenvalue weighted by Crippen LogP contribution is 2.25. The molecule has 0 amide bonds. The Bertz CT molecular complexity index is 815. The molecule has 1 atom stereocenters. The zero-order chi connectivity index (χ0) is 15.0. The van der Waals surface area contributed by atoms with E-state index in [2.05, 4.69) is 4.98 Å². The van der Waals surface area contributed by atoms with Crippen molar-refractivity contribution in [2.75, 3.05) is 0 Å². The fourth-order valence-corrected chi connectivity index (χ4v) is 2.32. The fraction of sp³-hybridized carbons (Fsp3) is 0.118. The highest BCUT2D eigenvalue weighted by Gasteiger charge is 2.19. The van der Waals surface area contributed by atoms with E-state index in [1.807, 2.05) is 30.3 Å². The lowest BCUT2D eigenvalue weighted by Crippen LogP contribution is -2.16. The van der Waals surface area contributed by atoms with E-state index < -0.39 is 17.7 Å². The Morgan fingerprint density at radius 1 is 0.952 bits per heavy atom. The maximum Gasteiger partial charge on any atom is 0.164 e. The topological polar surface area (TPSA) is 38.9 Å². The van der Waals surface area contributed by atoms with Gasteiger partial charge in [-0.2, -0.15) is 0 Å². The van der Waals surface area contributed by atoms with Crippen molar-refractivity contribution in [3.63, 3.8) is 0 Å². The smallest absolute Gasteiger partial charge is 0.164 e. The summed E-state index contributed by atoms with van der Waals surface area (Å²) in [6.07, 6.45) is 0. The molecular formula is C17H14F2N2. The molecule has 2 nitrogen and oxygen atoms in total. The summed E-state index contributed by atoms with van der Waals surface area (Å²) >= 11 is 0. The van der Waals surface area contributed by atoms with Crippen LogP contribution in [0.1, 0.15) is 22.9 Å². The normalized spacial score (nSPS) is 12.6. The lowest BCUT2D eigenvalue weighted by Gasteiger charge is -2.14. The molecule has 21 heavy (non-hydrogen) atoms. The summed E-state index contributed by atoms with van der Waals surface area (Å²) in [5, 5.41) is 0.976. The first-order chi connectivity index (χ1) is 10.1. The summed E-state index contributed by atoms with van der Waals surface area (Å²) in [5.41, 5.74) is 7.72. The number of para-hydroxylation sites is 1. The van der Waals surface area contributed by atoms with Crippen LogP contribution >= 0.6 is 0 Å². The standard InChI is InChI=1S/C17H14F2N2/c1-10-6-8-12(16(19)15(10)18)17(20)14-9-7-11-4-2-3-5-13(11)21-14/h2-9,17H,20H2,1H3. The van der Waals surface area contributed by atoms with Crippen molar-refractivity contribution < 1.29 is 8.78 Å². The molecule has 0 aliphatic carbocycles. The van der Waals surface area contributed by atoms with Gasteiger partial charge in [0.2, 0.25) is 0 Å². The van der Waals surface area contributed by atoms with Crippen LogP contribution in [-0.2, 0) is 0 Å². The van der Waals surface area contributed by atoms with Crippen molar-refractivity contribution >= 4 is 10.9 Å². The van der Waals surface area contributed by atoms with Crippen LogP contribution in [0.3, 0.4) is 0 Å². The summed E-state index contributed by atoms with van der Waals surface area (Å²) < 4.78 is 27.7. The molecule has 106 valence electrons. The molecule has 0 aliphatic heterocycles. The number of aryl methyl sites for hydroxylation is 1. The van der Waals surface area contributed by atoms with E-state index in [0.29, 0.717) is 5.69 Å². The van der Waals surface area contributed by atoms with Gasteiger partial charge in [0.25, 0.3) is 0 Å². The molecule has 0 aliphatic rings. The van der Waals surface area contributed by atoms with Gasteiger partial charge in [0.05, 0.1) is 17.3 Å². The van der Waals surface area contributed by atoms with Gasteiger partial charge in [0, 0.05) is 10.9 Å². The molecule has 1 unspecified atom stereocenters. The van der Waals surface area contributed by atoms with Crippen molar-refractivity contribution in [2.24, 2.45) is 5.73 Å². The number of pyridine rings is 1. The van der Waals surface area contributed by atoms with E-state index in [-0.39, 0.29) is 11.1 Å². The van der Waals surface area contributed by atoms with Gasteiger partial charge >= 0.3 is 0 Å². The lowest BCUT2D eigenvalue weighted by atomic mass is 10.0. The third-order valence-corrected chi connectivity index (χ3v) is 3.58. The minimum atomic E-state index is -0.905. The first-order valence-electron chi connectivity index (χ1n) is 6.63. The van der Waals surface area contributed by atoms with Crippen molar-refractivity contribution in [3.05, 3.63) is 77.0 Å². The molecule has 2 N–H and O–H groups in total. The summed E-state index contributed by atoms with van der Waals surface area (Å²) in [4.78, 5) is 4.43. The minimum Gasteiger partial charge on any atom is -0.319 e. The highest BCUT2D eigenvalue weighted by molar-refractivity contribution is 5.78. The van der Waals surface area contributed by atoms with Crippen LogP contribution < -0.4 is 5.73 Å². The van der Waals surface area contributed by atoms with E-state index in [4.69, 9.17) is 5.73 Å². The van der Waals surface area contributed by atoms with Crippen LogP contribution in [0.4, 0.5) is 8.78 Å². The Labute approximate surface area is 121 Å². The van der Waals surface area contributed by atoms with Crippen LogP contribution in [-0.4, -0.2) is 4.98 Å². The summed E-state index contributed by atoms with van der Waals surface area (Å²) in [7, 11) is 0. The maximum atomic E-state index is 14.0. The molecule has 0 fully saturated rings. The number of nitrogens with zero attached hydrogens (tertiary/aromatic N) is 1. The van der Waals surface area contributed by atoms with Gasteiger partial charge in [-0.3, -0.25) is 4.98 Å². The molecule has 0 bridgehead atoms. The van der Waals surface area contributed by atoms with Crippen LogP contribution in [0, 0.1) is 18.6 Å². The number of nitrogens with two attached hydrogens (primary N) is 1. The van der Waals surface area contributed by atoms with Crippen molar-refractivity contribution in [2.45, 2.75) is 13.0 Å². The molecule has 0 radical (unpaired) electrons. The van der Waals surface area contributed by atoms with Crippen LogP contribution in [0.5, 0.6) is 0 Å². The quantitative estimate of drug-likeness (QED) is 0.776. The first-order valence-corrected chi connectivity index (χ1v) is 6.63. The number of rotatable bonds is 2. The van der Waals surface area contributed by atoms with Crippen LogP contribution in [0.2, 0.25) is 0 Å². The predicted molar refractivity (Wildman–Crippen MR) is 78.9 cm³/mol. The second-order valence-corrected chi connectivity index (χ2v) is 5.01. The average molecular weight is 284 g/mol. The molecule has 1 heterocycles. The third kappa shape index (κ3) is 2.38. The fourth-order valence-electron chi connectivity index (χ4n) is 2.32. The van der Waals surface area contributed by atoms with Gasteiger partial charge in [-0.1, -0.05) is 36.4 Å². The SMILES string of the molecule is Cc1ccc(C(N)c2ccc3ccccc3n2)c(F)c1F. The van der Waals surface area contributed by atoms with E-state index >= 15 is 0 Å². The zero-order valence-electron chi connectivity index (χ0n) is 11.5. The van der Waals surface area contributed by atoms with Gasteiger partial charge in [-0.15, -0.1) is 0 Å². The Morgan fingerprint density at radius 3 is 2.52 bits per heavy atom. The monoisotopic (exact) mass is 284 g/mol. The van der Waals surface area contributed by atoms with E-state index in [1.165, 1.54) is 19.1 Å². The average Bonchev–Trinajstić information content (AvgIpc) is 2.52. The van der Waals surface area contributed by atoms with E-state index in [0.717, 1.165) is 10.9 Å². The Kier molecular flexibility index (Phi) is 3.39. The molecule has 2 aromatic carbocycles. The number of aromatic nitrogens is 1. The molecule has 3 aromatic rings. The van der Waals surface area contributed by atoms with Crippen molar-refractivity contribution in [1.82, 2.24) is 4.98 Å². The number of hydrogen-bond acceptors (Lipinski definition) is 2. The number of hydrogen-bond donors (Lipinski definition) is 1. The second-order valence-electron chi connectivity index (χ2n) is 5.01. The Hall–Kier alpha value is -2.33.